The van der Waals surface area contributed by atoms with Gasteiger partial charge in [-0.2, -0.15) is 0 Å². The normalized spacial score (nSPS) is 33.2. The van der Waals surface area contributed by atoms with Crippen LogP contribution in [0.5, 0.6) is 0 Å². The van der Waals surface area contributed by atoms with E-state index in [9.17, 15) is 0 Å². The van der Waals surface area contributed by atoms with Crippen molar-refractivity contribution in [1.82, 2.24) is 4.90 Å². The summed E-state index contributed by atoms with van der Waals surface area (Å²) < 4.78 is 5.93. The van der Waals surface area contributed by atoms with Crippen molar-refractivity contribution in [2.75, 3.05) is 20.1 Å². The monoisotopic (exact) mass is 240 g/mol. The Labute approximate surface area is 106 Å². The summed E-state index contributed by atoms with van der Waals surface area (Å²) in [5.41, 5.74) is 6.32. The lowest BCUT2D eigenvalue weighted by Gasteiger charge is -2.45. The predicted molar refractivity (Wildman–Crippen MR) is 71.1 cm³/mol. The highest BCUT2D eigenvalue weighted by Gasteiger charge is 2.36. The van der Waals surface area contributed by atoms with Gasteiger partial charge in [-0.1, -0.05) is 19.3 Å². The van der Waals surface area contributed by atoms with E-state index in [1.165, 1.54) is 44.9 Å². The first-order valence-electron chi connectivity index (χ1n) is 7.23. The van der Waals surface area contributed by atoms with Crippen LogP contribution in [0, 0.1) is 0 Å². The highest BCUT2D eigenvalue weighted by Crippen LogP contribution is 2.33. The van der Waals surface area contributed by atoms with Gasteiger partial charge in [0.2, 0.25) is 0 Å². The van der Waals surface area contributed by atoms with E-state index < -0.39 is 0 Å². The summed E-state index contributed by atoms with van der Waals surface area (Å²) in [6, 6.07) is 0. The van der Waals surface area contributed by atoms with Crippen LogP contribution in [0.15, 0.2) is 0 Å². The summed E-state index contributed by atoms with van der Waals surface area (Å²) in [5, 5.41) is 0. The molecule has 100 valence electrons. The summed E-state index contributed by atoms with van der Waals surface area (Å²) in [6.45, 7) is 4.03. The fourth-order valence-electron chi connectivity index (χ4n) is 3.47. The van der Waals surface area contributed by atoms with Crippen LogP contribution in [0.3, 0.4) is 0 Å². The number of hydrogen-bond donors (Lipinski definition) is 1. The quantitative estimate of drug-likeness (QED) is 0.818. The van der Waals surface area contributed by atoms with E-state index in [1.54, 1.807) is 0 Å². The molecule has 0 aromatic carbocycles. The summed E-state index contributed by atoms with van der Waals surface area (Å²) in [4.78, 5) is 2.49. The number of likely N-dealkylation sites (N-methyl/N-ethyl adjacent to an activating group) is 1. The first-order valence-corrected chi connectivity index (χ1v) is 7.23. The minimum Gasteiger partial charge on any atom is -0.374 e. The summed E-state index contributed by atoms with van der Waals surface area (Å²) in [7, 11) is 2.24. The molecule has 2 fully saturated rings. The Morgan fingerprint density at radius 1 is 1.24 bits per heavy atom. The molecule has 0 aromatic rings. The molecule has 1 aliphatic heterocycles. The molecule has 1 heterocycles. The van der Waals surface area contributed by atoms with Crippen LogP contribution in [0.2, 0.25) is 0 Å². The van der Waals surface area contributed by atoms with Crippen molar-refractivity contribution in [1.29, 1.82) is 0 Å². The maximum atomic E-state index is 6.06. The van der Waals surface area contributed by atoms with Gasteiger partial charge >= 0.3 is 0 Å². The van der Waals surface area contributed by atoms with Crippen LogP contribution in [-0.4, -0.2) is 42.8 Å². The minimum absolute atomic E-state index is 0.257. The van der Waals surface area contributed by atoms with E-state index in [-0.39, 0.29) is 5.54 Å². The zero-order valence-electron chi connectivity index (χ0n) is 11.5. The molecule has 0 radical (unpaired) electrons. The molecule has 3 heteroatoms. The Bertz CT molecular complexity index is 238. The van der Waals surface area contributed by atoms with E-state index >= 15 is 0 Å². The van der Waals surface area contributed by atoms with E-state index in [1.807, 2.05) is 0 Å². The molecule has 2 aliphatic rings. The van der Waals surface area contributed by atoms with Gasteiger partial charge < -0.3 is 10.5 Å². The van der Waals surface area contributed by atoms with Crippen LogP contribution in [-0.2, 0) is 4.74 Å². The minimum atomic E-state index is 0.257. The molecule has 2 N–H and O–H groups in total. The molecule has 2 atom stereocenters. The van der Waals surface area contributed by atoms with E-state index in [0.717, 1.165) is 13.1 Å². The van der Waals surface area contributed by atoms with Crippen LogP contribution < -0.4 is 5.73 Å². The molecule has 2 rings (SSSR count). The third-order valence-electron chi connectivity index (χ3n) is 4.77. The topological polar surface area (TPSA) is 38.5 Å². The molecule has 0 spiro atoms. The maximum Gasteiger partial charge on any atom is 0.0706 e. The van der Waals surface area contributed by atoms with Gasteiger partial charge in [0.15, 0.2) is 0 Å². The summed E-state index contributed by atoms with van der Waals surface area (Å²) in [5.74, 6) is 0. The van der Waals surface area contributed by atoms with Crippen molar-refractivity contribution >= 4 is 0 Å². The zero-order valence-corrected chi connectivity index (χ0v) is 11.5. The third-order valence-corrected chi connectivity index (χ3v) is 4.77. The molecule has 3 nitrogen and oxygen atoms in total. The lowest BCUT2D eigenvalue weighted by Crippen LogP contribution is -2.55. The van der Waals surface area contributed by atoms with E-state index in [0.29, 0.717) is 12.2 Å². The lowest BCUT2D eigenvalue weighted by molar-refractivity contribution is -0.00139. The van der Waals surface area contributed by atoms with E-state index in [2.05, 4.69) is 18.9 Å². The van der Waals surface area contributed by atoms with Crippen molar-refractivity contribution in [3.05, 3.63) is 0 Å². The smallest absolute Gasteiger partial charge is 0.0706 e. The molecule has 0 bridgehead atoms. The Kier molecular flexibility index (Phi) is 4.45. The van der Waals surface area contributed by atoms with Crippen molar-refractivity contribution in [2.24, 2.45) is 5.73 Å². The molecule has 1 saturated heterocycles. The Morgan fingerprint density at radius 2 is 1.94 bits per heavy atom. The van der Waals surface area contributed by atoms with Crippen LogP contribution >= 0.6 is 0 Å². The molecule has 17 heavy (non-hydrogen) atoms. The number of nitrogens with zero attached hydrogens (tertiary/aromatic N) is 1. The van der Waals surface area contributed by atoms with Crippen LogP contribution in [0.1, 0.15) is 51.9 Å². The second kappa shape index (κ2) is 5.68. The highest BCUT2D eigenvalue weighted by atomic mass is 16.5. The van der Waals surface area contributed by atoms with Gasteiger partial charge in [-0.3, -0.25) is 4.90 Å². The van der Waals surface area contributed by atoms with Gasteiger partial charge in [0.05, 0.1) is 12.2 Å². The number of hydrogen-bond acceptors (Lipinski definition) is 3. The standard InChI is InChI=1S/C14H28N2O/c1-12-6-7-13(17-12)10-16(2)14(11-15)8-4-3-5-9-14/h12-13H,3-11,15H2,1-2H3. The Morgan fingerprint density at radius 3 is 2.47 bits per heavy atom. The SMILES string of the molecule is CC1CCC(CN(C)C2(CN)CCCCC2)O1. The first kappa shape index (κ1) is 13.3. The highest BCUT2D eigenvalue weighted by molar-refractivity contribution is 4.94. The molecule has 0 amide bonds. The van der Waals surface area contributed by atoms with Gasteiger partial charge in [-0.15, -0.1) is 0 Å². The predicted octanol–water partition coefficient (Wildman–Crippen LogP) is 2.15. The largest absolute Gasteiger partial charge is 0.374 e. The number of rotatable bonds is 4. The third kappa shape index (κ3) is 3.01. The van der Waals surface area contributed by atoms with Crippen molar-refractivity contribution in [2.45, 2.75) is 69.6 Å². The van der Waals surface area contributed by atoms with Crippen molar-refractivity contribution in [3.8, 4) is 0 Å². The van der Waals surface area contributed by atoms with Gasteiger partial charge in [0, 0.05) is 18.6 Å². The lowest BCUT2D eigenvalue weighted by atomic mass is 9.80. The molecule has 1 saturated carbocycles. The maximum absolute atomic E-state index is 6.06. The Hall–Kier alpha value is -0.120. The first-order chi connectivity index (χ1) is 8.16. The summed E-state index contributed by atoms with van der Waals surface area (Å²) in [6.07, 6.45) is 9.90. The molecule has 0 aromatic heterocycles. The van der Waals surface area contributed by atoms with Gasteiger partial charge in [-0.05, 0) is 39.7 Å². The second-order valence-electron chi connectivity index (χ2n) is 6.02. The van der Waals surface area contributed by atoms with E-state index in [4.69, 9.17) is 10.5 Å². The zero-order chi connectivity index (χ0) is 12.3. The fourth-order valence-corrected chi connectivity index (χ4v) is 3.47. The molecule has 1 aliphatic carbocycles. The van der Waals surface area contributed by atoms with Crippen molar-refractivity contribution in [3.63, 3.8) is 0 Å². The van der Waals surface area contributed by atoms with Gasteiger partial charge in [0.1, 0.15) is 0 Å². The second-order valence-corrected chi connectivity index (χ2v) is 6.02. The van der Waals surface area contributed by atoms with Crippen LogP contribution in [0.4, 0.5) is 0 Å². The number of ether oxygens (including phenoxy) is 1. The van der Waals surface area contributed by atoms with Gasteiger partial charge in [-0.25, -0.2) is 0 Å². The average Bonchev–Trinajstić information content (AvgIpc) is 2.75. The number of nitrogens with two attached hydrogens (primary N) is 1. The van der Waals surface area contributed by atoms with Crippen molar-refractivity contribution < 1.29 is 4.74 Å². The molecular weight excluding hydrogens is 212 g/mol. The molecular formula is C14H28N2O. The Balaban J connectivity index is 1.90. The van der Waals surface area contributed by atoms with Gasteiger partial charge in [0.25, 0.3) is 0 Å². The summed E-state index contributed by atoms with van der Waals surface area (Å²) >= 11 is 0. The fraction of sp³-hybridized carbons (Fsp3) is 1.00. The average molecular weight is 240 g/mol. The van der Waals surface area contributed by atoms with Crippen LogP contribution in [0.25, 0.3) is 0 Å². The molecule has 2 unspecified atom stereocenters.